The molecule has 0 atom stereocenters. The van der Waals surface area contributed by atoms with E-state index in [2.05, 4.69) is 15.3 Å². The Hall–Kier alpha value is -2.32. The summed E-state index contributed by atoms with van der Waals surface area (Å²) in [5.74, 6) is -1.51. The smallest absolute Gasteiger partial charge is 0.358 e. The Balaban J connectivity index is 2.20. The first-order valence-electron chi connectivity index (χ1n) is 5.00. The number of carbonyl (C=O) groups is 1. The van der Waals surface area contributed by atoms with Crippen LogP contribution in [0, 0.1) is 0 Å². The van der Waals surface area contributed by atoms with Crippen molar-refractivity contribution in [2.75, 3.05) is 0 Å². The summed E-state index contributed by atoms with van der Waals surface area (Å²) in [4.78, 5) is 14.5. The van der Waals surface area contributed by atoms with Crippen LogP contribution >= 0.6 is 0 Å². The van der Waals surface area contributed by atoms with Gasteiger partial charge in [0.25, 0.3) is 6.43 Å². The van der Waals surface area contributed by atoms with Gasteiger partial charge >= 0.3 is 5.97 Å². The van der Waals surface area contributed by atoms with Gasteiger partial charge in [-0.1, -0.05) is 5.21 Å². The Labute approximate surface area is 99.7 Å². The molecule has 0 aromatic carbocycles. The molecule has 0 amide bonds. The van der Waals surface area contributed by atoms with E-state index in [1.165, 1.54) is 6.33 Å². The first-order valence-corrected chi connectivity index (χ1v) is 5.00. The lowest BCUT2D eigenvalue weighted by Crippen LogP contribution is -2.12. The number of carboxylic acid groups (broad SMARTS) is 1. The number of imidazole rings is 1. The molecule has 7 nitrogen and oxygen atoms in total. The maximum absolute atomic E-state index is 12.8. The molecule has 0 radical (unpaired) electrons. The molecular formula is C9H9F2N5O2. The van der Waals surface area contributed by atoms with Crippen LogP contribution in [0.3, 0.4) is 0 Å². The summed E-state index contributed by atoms with van der Waals surface area (Å²) in [5.41, 5.74) is -1.39. The van der Waals surface area contributed by atoms with Gasteiger partial charge in [0.1, 0.15) is 5.69 Å². The zero-order valence-corrected chi connectivity index (χ0v) is 9.07. The van der Waals surface area contributed by atoms with E-state index in [1.807, 2.05) is 0 Å². The van der Waals surface area contributed by atoms with E-state index < -0.39 is 23.8 Å². The van der Waals surface area contributed by atoms with Gasteiger partial charge < -0.3 is 9.67 Å². The van der Waals surface area contributed by atoms with Gasteiger partial charge in [-0.05, 0) is 0 Å². The highest BCUT2D eigenvalue weighted by Crippen LogP contribution is 2.21. The lowest BCUT2D eigenvalue weighted by molar-refractivity contribution is 0.0675. The lowest BCUT2D eigenvalue weighted by Gasteiger charge is -2.06. The van der Waals surface area contributed by atoms with Gasteiger partial charge in [-0.25, -0.2) is 23.2 Å². The first kappa shape index (κ1) is 12.1. The van der Waals surface area contributed by atoms with Crippen LogP contribution in [0.4, 0.5) is 8.78 Å². The predicted octanol–water partition coefficient (Wildman–Crippen LogP) is 0.811. The highest BCUT2D eigenvalue weighted by molar-refractivity contribution is 5.86. The highest BCUT2D eigenvalue weighted by atomic mass is 19.3. The first-order chi connectivity index (χ1) is 8.59. The van der Waals surface area contributed by atoms with Crippen molar-refractivity contribution in [1.29, 1.82) is 0 Å². The molecule has 0 saturated heterocycles. The molecular weight excluding hydrogens is 248 g/mol. The molecule has 2 aromatic rings. The van der Waals surface area contributed by atoms with Gasteiger partial charge in [-0.2, -0.15) is 0 Å². The van der Waals surface area contributed by atoms with Gasteiger partial charge in [-0.15, -0.1) is 5.10 Å². The Bertz CT molecular complexity index is 537. The Morgan fingerprint density at radius 2 is 2.22 bits per heavy atom. The monoisotopic (exact) mass is 257 g/mol. The molecule has 0 spiro atoms. The fourth-order valence-corrected chi connectivity index (χ4v) is 1.48. The number of aromatic carboxylic acids is 1. The third kappa shape index (κ3) is 2.34. The van der Waals surface area contributed by atoms with Crippen molar-refractivity contribution in [3.05, 3.63) is 30.1 Å². The van der Waals surface area contributed by atoms with Crippen LogP contribution in [-0.4, -0.2) is 35.6 Å². The van der Waals surface area contributed by atoms with E-state index in [0.29, 0.717) is 6.54 Å². The molecule has 0 fully saturated rings. The second-order valence-corrected chi connectivity index (χ2v) is 3.45. The van der Waals surface area contributed by atoms with Crippen molar-refractivity contribution >= 4 is 5.97 Å². The molecule has 0 aliphatic carbocycles. The number of carboxylic acids is 1. The number of alkyl halides is 2. The van der Waals surface area contributed by atoms with Crippen LogP contribution in [0.5, 0.6) is 0 Å². The number of aryl methyl sites for hydroxylation is 2. The minimum Gasteiger partial charge on any atom is -0.476 e. The van der Waals surface area contributed by atoms with Crippen LogP contribution in [-0.2, 0) is 13.1 Å². The van der Waals surface area contributed by atoms with Crippen molar-refractivity contribution in [2.45, 2.75) is 19.5 Å². The summed E-state index contributed by atoms with van der Waals surface area (Å²) in [7, 11) is 0. The minimum absolute atomic E-state index is 0.0936. The third-order valence-electron chi connectivity index (χ3n) is 2.31. The maximum Gasteiger partial charge on any atom is 0.358 e. The Morgan fingerprint density at radius 1 is 1.44 bits per heavy atom. The van der Waals surface area contributed by atoms with Crippen molar-refractivity contribution in [3.8, 4) is 0 Å². The molecule has 0 bridgehead atoms. The van der Waals surface area contributed by atoms with E-state index in [1.54, 1.807) is 17.0 Å². The average Bonchev–Trinajstić information content (AvgIpc) is 2.95. The van der Waals surface area contributed by atoms with Gasteiger partial charge in [0, 0.05) is 18.9 Å². The molecule has 9 heteroatoms. The zero-order valence-electron chi connectivity index (χ0n) is 9.07. The molecule has 2 aromatic heterocycles. The summed E-state index contributed by atoms with van der Waals surface area (Å²) in [6.45, 7) is 0.443. The number of rotatable bonds is 5. The molecule has 0 saturated carbocycles. The fourth-order valence-electron chi connectivity index (χ4n) is 1.48. The summed E-state index contributed by atoms with van der Waals surface area (Å²) in [6.07, 6.45) is 1.81. The van der Waals surface area contributed by atoms with E-state index in [0.717, 1.165) is 4.68 Å². The van der Waals surface area contributed by atoms with Crippen LogP contribution in [0.2, 0.25) is 0 Å². The highest BCUT2D eigenvalue weighted by Gasteiger charge is 2.25. The lowest BCUT2D eigenvalue weighted by atomic mass is 10.3. The minimum atomic E-state index is -2.94. The molecule has 2 heterocycles. The molecule has 0 aliphatic heterocycles. The van der Waals surface area contributed by atoms with Crippen molar-refractivity contribution < 1.29 is 18.7 Å². The largest absolute Gasteiger partial charge is 0.476 e. The molecule has 0 aliphatic rings. The second-order valence-electron chi connectivity index (χ2n) is 3.45. The van der Waals surface area contributed by atoms with Crippen LogP contribution in [0.15, 0.2) is 18.7 Å². The molecule has 0 unspecified atom stereocenters. The van der Waals surface area contributed by atoms with Crippen molar-refractivity contribution in [2.24, 2.45) is 0 Å². The van der Waals surface area contributed by atoms with Crippen molar-refractivity contribution in [3.63, 3.8) is 0 Å². The number of nitrogens with zero attached hydrogens (tertiary/aromatic N) is 5. The molecule has 18 heavy (non-hydrogen) atoms. The summed E-state index contributed by atoms with van der Waals surface area (Å²) in [5, 5.41) is 15.4. The van der Waals surface area contributed by atoms with Crippen LogP contribution in [0.25, 0.3) is 0 Å². The van der Waals surface area contributed by atoms with Crippen LogP contribution < -0.4 is 0 Å². The Morgan fingerprint density at radius 3 is 2.78 bits per heavy atom. The summed E-state index contributed by atoms with van der Waals surface area (Å²) >= 11 is 0. The van der Waals surface area contributed by atoms with Gasteiger partial charge in [0.15, 0.2) is 5.69 Å². The van der Waals surface area contributed by atoms with E-state index >= 15 is 0 Å². The predicted molar refractivity (Wildman–Crippen MR) is 54.2 cm³/mol. The third-order valence-corrected chi connectivity index (χ3v) is 2.31. The van der Waals surface area contributed by atoms with Crippen molar-refractivity contribution in [1.82, 2.24) is 24.5 Å². The van der Waals surface area contributed by atoms with Gasteiger partial charge in [-0.3, -0.25) is 0 Å². The number of hydrogen-bond acceptors (Lipinski definition) is 4. The number of halogens is 2. The standard InChI is InChI=1S/C9H9F2N5O2/c10-8(11)7-6(9(17)18)13-14-16(7)4-3-15-2-1-12-5-15/h1-2,5,8H,3-4H2,(H,17,18). The van der Waals surface area contributed by atoms with Gasteiger partial charge in [0.2, 0.25) is 0 Å². The normalized spacial score (nSPS) is 11.1. The van der Waals surface area contributed by atoms with E-state index in [4.69, 9.17) is 5.11 Å². The fraction of sp³-hybridized carbons (Fsp3) is 0.333. The number of hydrogen-bond donors (Lipinski definition) is 1. The Kier molecular flexibility index (Phi) is 3.31. The second kappa shape index (κ2) is 4.90. The number of aromatic nitrogens is 5. The molecule has 96 valence electrons. The van der Waals surface area contributed by atoms with Gasteiger partial charge in [0.05, 0.1) is 12.9 Å². The zero-order chi connectivity index (χ0) is 13.1. The maximum atomic E-state index is 12.8. The SMILES string of the molecule is O=C(O)c1nnn(CCn2ccnc2)c1C(F)F. The topological polar surface area (TPSA) is 85.8 Å². The quantitative estimate of drug-likeness (QED) is 0.856. The van der Waals surface area contributed by atoms with Crippen LogP contribution in [0.1, 0.15) is 22.6 Å². The average molecular weight is 257 g/mol. The van der Waals surface area contributed by atoms with E-state index in [9.17, 15) is 13.6 Å². The molecule has 1 N–H and O–H groups in total. The molecule has 2 rings (SSSR count). The summed E-state index contributed by atoms with van der Waals surface area (Å²) in [6, 6.07) is 0. The van der Waals surface area contributed by atoms with E-state index in [-0.39, 0.29) is 6.54 Å². The summed E-state index contributed by atoms with van der Waals surface area (Å²) < 4.78 is 28.1.